The number of rotatable bonds is 6. The van der Waals surface area contributed by atoms with Gasteiger partial charge in [0.25, 0.3) is 0 Å². The Labute approximate surface area is 104 Å². The summed E-state index contributed by atoms with van der Waals surface area (Å²) < 4.78 is 13.5. The molecule has 0 aliphatic rings. The molecule has 90 valence electrons. The maximum atomic E-state index is 13.0. The van der Waals surface area contributed by atoms with Crippen LogP contribution in [0.25, 0.3) is 0 Å². The van der Waals surface area contributed by atoms with Crippen molar-refractivity contribution in [3.63, 3.8) is 0 Å². The third-order valence-electron chi connectivity index (χ3n) is 2.48. The van der Waals surface area contributed by atoms with E-state index in [9.17, 15) is 4.39 Å². The van der Waals surface area contributed by atoms with E-state index < -0.39 is 0 Å². The lowest BCUT2D eigenvalue weighted by atomic mass is 10.1. The van der Waals surface area contributed by atoms with Crippen molar-refractivity contribution in [2.24, 2.45) is 0 Å². The van der Waals surface area contributed by atoms with Crippen LogP contribution in [-0.2, 0) is 0 Å². The average Bonchev–Trinajstić information content (AvgIpc) is 2.28. The van der Waals surface area contributed by atoms with Gasteiger partial charge in [-0.1, -0.05) is 6.07 Å². The van der Waals surface area contributed by atoms with Crippen LogP contribution in [-0.4, -0.2) is 18.3 Å². The number of unbranched alkanes of at least 4 members (excludes halogenated alkanes) is 1. The highest BCUT2D eigenvalue weighted by atomic mass is 79.9. The highest BCUT2D eigenvalue weighted by molar-refractivity contribution is 9.10. The van der Waals surface area contributed by atoms with Crippen molar-refractivity contribution in [1.29, 1.82) is 0 Å². The number of aliphatic hydroxyl groups excluding tert-OH is 1. The lowest BCUT2D eigenvalue weighted by Gasteiger charge is -2.14. The summed E-state index contributed by atoms with van der Waals surface area (Å²) in [4.78, 5) is 0. The predicted octanol–water partition coefficient (Wildman–Crippen LogP) is 3.01. The minimum atomic E-state index is -0.240. The van der Waals surface area contributed by atoms with Gasteiger partial charge in [0.2, 0.25) is 0 Å². The lowest BCUT2D eigenvalue weighted by Crippen LogP contribution is -2.20. The number of nitrogens with one attached hydrogen (secondary N) is 1. The van der Waals surface area contributed by atoms with Crippen molar-refractivity contribution in [3.8, 4) is 0 Å². The van der Waals surface area contributed by atoms with Crippen molar-refractivity contribution in [2.75, 3.05) is 13.2 Å². The zero-order chi connectivity index (χ0) is 12.0. The molecule has 0 aliphatic heterocycles. The molecule has 2 nitrogen and oxygen atoms in total. The molecule has 0 spiro atoms. The molecule has 0 fully saturated rings. The molecule has 0 radical (unpaired) electrons. The minimum absolute atomic E-state index is 0.190. The van der Waals surface area contributed by atoms with Crippen LogP contribution in [0.3, 0.4) is 0 Å². The Kier molecular flexibility index (Phi) is 5.95. The molecule has 0 bridgehead atoms. The van der Waals surface area contributed by atoms with Crippen LogP contribution in [0.15, 0.2) is 22.7 Å². The van der Waals surface area contributed by atoms with Crippen molar-refractivity contribution in [3.05, 3.63) is 34.1 Å². The van der Waals surface area contributed by atoms with E-state index in [1.165, 1.54) is 6.07 Å². The molecule has 2 N–H and O–H groups in total. The smallest absolute Gasteiger partial charge is 0.137 e. The van der Waals surface area contributed by atoms with Gasteiger partial charge in [0.05, 0.1) is 4.47 Å². The van der Waals surface area contributed by atoms with E-state index in [4.69, 9.17) is 5.11 Å². The van der Waals surface area contributed by atoms with Gasteiger partial charge < -0.3 is 10.4 Å². The fourth-order valence-corrected chi connectivity index (χ4v) is 1.85. The van der Waals surface area contributed by atoms with Gasteiger partial charge in [-0.3, -0.25) is 0 Å². The fourth-order valence-electron chi connectivity index (χ4n) is 1.45. The summed E-state index contributed by atoms with van der Waals surface area (Å²) in [6.07, 6.45) is 1.76. The predicted molar refractivity (Wildman–Crippen MR) is 66.8 cm³/mol. The first kappa shape index (κ1) is 13.6. The van der Waals surface area contributed by atoms with E-state index in [-0.39, 0.29) is 18.5 Å². The van der Waals surface area contributed by atoms with E-state index in [0.717, 1.165) is 24.9 Å². The number of hydrogen-bond donors (Lipinski definition) is 2. The van der Waals surface area contributed by atoms with Crippen LogP contribution < -0.4 is 5.32 Å². The normalized spacial score (nSPS) is 12.8. The van der Waals surface area contributed by atoms with Crippen molar-refractivity contribution in [2.45, 2.75) is 25.8 Å². The summed E-state index contributed by atoms with van der Waals surface area (Å²) in [6, 6.07) is 5.23. The second-order valence-electron chi connectivity index (χ2n) is 3.78. The summed E-state index contributed by atoms with van der Waals surface area (Å²) in [5.41, 5.74) is 1.05. The molecule has 0 saturated carbocycles. The largest absolute Gasteiger partial charge is 0.396 e. The Morgan fingerprint density at radius 2 is 2.19 bits per heavy atom. The van der Waals surface area contributed by atoms with Gasteiger partial charge in [-0.15, -0.1) is 0 Å². The zero-order valence-electron chi connectivity index (χ0n) is 9.34. The van der Waals surface area contributed by atoms with Crippen molar-refractivity contribution >= 4 is 15.9 Å². The maximum absolute atomic E-state index is 13.0. The van der Waals surface area contributed by atoms with Crippen LogP contribution in [0, 0.1) is 5.82 Å². The summed E-state index contributed by atoms with van der Waals surface area (Å²) in [5, 5.41) is 12.0. The molecule has 16 heavy (non-hydrogen) atoms. The first-order valence-electron chi connectivity index (χ1n) is 5.44. The quantitative estimate of drug-likeness (QED) is 0.789. The van der Waals surface area contributed by atoms with E-state index in [1.54, 1.807) is 12.1 Å². The zero-order valence-corrected chi connectivity index (χ0v) is 10.9. The Balaban J connectivity index is 2.46. The first-order valence-corrected chi connectivity index (χ1v) is 6.23. The fraction of sp³-hybridized carbons (Fsp3) is 0.500. The Bertz CT molecular complexity index is 333. The summed E-state index contributed by atoms with van der Waals surface area (Å²) in [5.74, 6) is -0.240. The van der Waals surface area contributed by atoms with Gasteiger partial charge in [-0.25, -0.2) is 4.39 Å². The minimum Gasteiger partial charge on any atom is -0.396 e. The molecule has 1 rings (SSSR count). The van der Waals surface area contributed by atoms with Gasteiger partial charge >= 0.3 is 0 Å². The topological polar surface area (TPSA) is 32.3 Å². The average molecular weight is 290 g/mol. The summed E-state index contributed by atoms with van der Waals surface area (Å²) in [6.45, 7) is 3.13. The standard InChI is InChI=1S/C12H17BrFNO/c1-9(15-6-2-3-7-16)10-4-5-12(14)11(13)8-10/h4-5,8-9,15-16H,2-3,6-7H2,1H3. The SMILES string of the molecule is CC(NCCCCO)c1ccc(F)c(Br)c1. The number of benzene rings is 1. The molecule has 0 heterocycles. The molecule has 1 aromatic rings. The number of halogens is 2. The highest BCUT2D eigenvalue weighted by Crippen LogP contribution is 2.21. The molecule has 0 aliphatic carbocycles. The van der Waals surface area contributed by atoms with Crippen LogP contribution in [0.4, 0.5) is 4.39 Å². The van der Waals surface area contributed by atoms with Gasteiger partial charge in [0.1, 0.15) is 5.82 Å². The molecule has 1 atom stereocenters. The summed E-state index contributed by atoms with van der Waals surface area (Å²) in [7, 11) is 0. The van der Waals surface area contributed by atoms with Gasteiger partial charge in [0.15, 0.2) is 0 Å². The summed E-state index contributed by atoms with van der Waals surface area (Å²) >= 11 is 3.17. The van der Waals surface area contributed by atoms with E-state index in [1.807, 2.05) is 6.92 Å². The van der Waals surface area contributed by atoms with Gasteiger partial charge in [-0.2, -0.15) is 0 Å². The maximum Gasteiger partial charge on any atom is 0.137 e. The van der Waals surface area contributed by atoms with Crippen molar-refractivity contribution < 1.29 is 9.50 Å². The number of hydrogen-bond acceptors (Lipinski definition) is 2. The molecule has 0 saturated heterocycles. The monoisotopic (exact) mass is 289 g/mol. The molecule has 0 amide bonds. The van der Waals surface area contributed by atoms with Crippen LogP contribution in [0.5, 0.6) is 0 Å². The van der Waals surface area contributed by atoms with E-state index in [2.05, 4.69) is 21.2 Å². The Hall–Kier alpha value is -0.450. The molecular weight excluding hydrogens is 273 g/mol. The lowest BCUT2D eigenvalue weighted by molar-refractivity contribution is 0.283. The Morgan fingerprint density at radius 1 is 1.44 bits per heavy atom. The third kappa shape index (κ3) is 4.20. The molecule has 4 heteroatoms. The van der Waals surface area contributed by atoms with Crippen molar-refractivity contribution in [1.82, 2.24) is 5.32 Å². The molecular formula is C12H17BrFNO. The molecule has 1 aromatic carbocycles. The second-order valence-corrected chi connectivity index (χ2v) is 4.63. The van der Waals surface area contributed by atoms with Crippen LogP contribution in [0.1, 0.15) is 31.4 Å². The first-order chi connectivity index (χ1) is 7.65. The molecule has 0 aromatic heterocycles. The van der Waals surface area contributed by atoms with Gasteiger partial charge in [-0.05, 0) is 59.9 Å². The molecule has 1 unspecified atom stereocenters. The van der Waals surface area contributed by atoms with Crippen LogP contribution >= 0.6 is 15.9 Å². The Morgan fingerprint density at radius 3 is 2.81 bits per heavy atom. The van der Waals surface area contributed by atoms with E-state index >= 15 is 0 Å². The number of aliphatic hydroxyl groups is 1. The van der Waals surface area contributed by atoms with Gasteiger partial charge in [0, 0.05) is 12.6 Å². The van der Waals surface area contributed by atoms with Crippen LogP contribution in [0.2, 0.25) is 0 Å². The third-order valence-corrected chi connectivity index (χ3v) is 3.09. The second kappa shape index (κ2) is 6.99. The van der Waals surface area contributed by atoms with E-state index in [0.29, 0.717) is 4.47 Å². The highest BCUT2D eigenvalue weighted by Gasteiger charge is 2.06.